The van der Waals surface area contributed by atoms with Crippen LogP contribution in [0.5, 0.6) is 5.75 Å². The van der Waals surface area contributed by atoms with Crippen LogP contribution in [-0.2, 0) is 6.42 Å². The summed E-state index contributed by atoms with van der Waals surface area (Å²) >= 11 is 0. The van der Waals surface area contributed by atoms with Crippen molar-refractivity contribution in [2.45, 2.75) is 31.7 Å². The molecule has 14 heavy (non-hydrogen) atoms. The van der Waals surface area contributed by atoms with Gasteiger partial charge < -0.3 is 10.4 Å². The molecule has 0 aromatic heterocycles. The van der Waals surface area contributed by atoms with E-state index in [0.29, 0.717) is 5.75 Å². The summed E-state index contributed by atoms with van der Waals surface area (Å²) in [6.07, 6.45) is 3.38. The largest absolute Gasteiger partial charge is 0.508 e. The third-order valence-corrected chi connectivity index (χ3v) is 3.15. The minimum Gasteiger partial charge on any atom is -0.508 e. The molecule has 1 aromatic rings. The molecule has 0 spiro atoms. The van der Waals surface area contributed by atoms with Gasteiger partial charge in [0.05, 0.1) is 0 Å². The molecule has 0 atom stereocenters. The SMILES string of the molecule is CNC1(Cc2ccc(C)cc2O)CC1. The fourth-order valence-electron chi connectivity index (χ4n) is 1.85. The molecule has 1 aromatic carbocycles. The van der Waals surface area contributed by atoms with Crippen LogP contribution >= 0.6 is 0 Å². The quantitative estimate of drug-likeness (QED) is 0.766. The number of hydrogen-bond donors (Lipinski definition) is 2. The highest BCUT2D eigenvalue weighted by Crippen LogP contribution is 2.39. The van der Waals surface area contributed by atoms with Gasteiger partial charge in [-0.05, 0) is 50.4 Å². The van der Waals surface area contributed by atoms with E-state index in [4.69, 9.17) is 0 Å². The van der Waals surface area contributed by atoms with Gasteiger partial charge in [0.15, 0.2) is 0 Å². The van der Waals surface area contributed by atoms with E-state index in [2.05, 4.69) is 11.4 Å². The Morgan fingerprint density at radius 2 is 2.14 bits per heavy atom. The highest BCUT2D eigenvalue weighted by Gasteiger charge is 2.41. The summed E-state index contributed by atoms with van der Waals surface area (Å²) in [6.45, 7) is 1.99. The van der Waals surface area contributed by atoms with Crippen LogP contribution in [0.1, 0.15) is 24.0 Å². The van der Waals surface area contributed by atoms with Gasteiger partial charge in [0.25, 0.3) is 0 Å². The summed E-state index contributed by atoms with van der Waals surface area (Å²) in [4.78, 5) is 0. The molecule has 1 saturated carbocycles. The lowest BCUT2D eigenvalue weighted by Gasteiger charge is -2.15. The fourth-order valence-corrected chi connectivity index (χ4v) is 1.85. The van der Waals surface area contributed by atoms with Crippen LogP contribution in [-0.4, -0.2) is 17.7 Å². The predicted molar refractivity (Wildman–Crippen MR) is 57.6 cm³/mol. The Kier molecular flexibility index (Phi) is 2.23. The number of likely N-dealkylation sites (N-methyl/N-ethyl adjacent to an activating group) is 1. The number of aromatic hydroxyl groups is 1. The average molecular weight is 191 g/mol. The van der Waals surface area contributed by atoms with Crippen molar-refractivity contribution in [1.82, 2.24) is 5.32 Å². The van der Waals surface area contributed by atoms with Crippen molar-refractivity contribution in [1.29, 1.82) is 0 Å². The number of hydrogen-bond acceptors (Lipinski definition) is 2. The summed E-state index contributed by atoms with van der Waals surface area (Å²) in [5.74, 6) is 0.437. The summed E-state index contributed by atoms with van der Waals surface area (Å²) < 4.78 is 0. The van der Waals surface area contributed by atoms with Crippen molar-refractivity contribution in [3.63, 3.8) is 0 Å². The van der Waals surface area contributed by atoms with Gasteiger partial charge in [-0.1, -0.05) is 12.1 Å². The number of aryl methyl sites for hydroxylation is 1. The Balaban J connectivity index is 2.17. The normalized spacial score (nSPS) is 18.1. The molecule has 2 heteroatoms. The zero-order chi connectivity index (χ0) is 10.2. The number of phenols is 1. The smallest absolute Gasteiger partial charge is 0.119 e. The third-order valence-electron chi connectivity index (χ3n) is 3.15. The van der Waals surface area contributed by atoms with Crippen molar-refractivity contribution < 1.29 is 5.11 Å². The minimum atomic E-state index is 0.271. The van der Waals surface area contributed by atoms with Gasteiger partial charge in [0.1, 0.15) is 5.75 Å². The van der Waals surface area contributed by atoms with E-state index >= 15 is 0 Å². The molecule has 0 amide bonds. The first-order valence-electron chi connectivity index (χ1n) is 5.13. The predicted octanol–water partition coefficient (Wildman–Crippen LogP) is 2.00. The number of nitrogens with one attached hydrogen (secondary N) is 1. The number of phenolic OH excluding ortho intramolecular Hbond substituents is 1. The number of rotatable bonds is 3. The summed E-state index contributed by atoms with van der Waals surface area (Å²) in [5, 5.41) is 13.1. The van der Waals surface area contributed by atoms with Crippen molar-refractivity contribution >= 4 is 0 Å². The first-order chi connectivity index (χ1) is 6.65. The van der Waals surface area contributed by atoms with Gasteiger partial charge in [-0.25, -0.2) is 0 Å². The molecular formula is C12H17NO. The van der Waals surface area contributed by atoms with Gasteiger partial charge in [0.2, 0.25) is 0 Å². The van der Waals surface area contributed by atoms with Gasteiger partial charge in [-0.3, -0.25) is 0 Å². The molecule has 1 aliphatic rings. The van der Waals surface area contributed by atoms with Crippen LogP contribution in [0.25, 0.3) is 0 Å². The van der Waals surface area contributed by atoms with Crippen LogP contribution in [0.2, 0.25) is 0 Å². The highest BCUT2D eigenvalue weighted by atomic mass is 16.3. The second-order valence-electron chi connectivity index (χ2n) is 4.34. The topological polar surface area (TPSA) is 32.3 Å². The van der Waals surface area contributed by atoms with Gasteiger partial charge in [-0.2, -0.15) is 0 Å². The Labute approximate surface area is 85.0 Å². The third kappa shape index (κ3) is 1.75. The lowest BCUT2D eigenvalue weighted by Crippen LogP contribution is -2.29. The van der Waals surface area contributed by atoms with Crippen LogP contribution < -0.4 is 5.32 Å². The molecule has 1 aliphatic carbocycles. The van der Waals surface area contributed by atoms with E-state index < -0.39 is 0 Å². The molecule has 2 rings (SSSR count). The van der Waals surface area contributed by atoms with Crippen molar-refractivity contribution in [2.24, 2.45) is 0 Å². The van der Waals surface area contributed by atoms with Crippen LogP contribution in [0.3, 0.4) is 0 Å². The molecule has 2 nitrogen and oxygen atoms in total. The molecule has 0 saturated heterocycles. The Morgan fingerprint density at radius 3 is 2.64 bits per heavy atom. The zero-order valence-electron chi connectivity index (χ0n) is 8.80. The standard InChI is InChI=1S/C12H17NO/c1-9-3-4-10(11(14)7-9)8-12(13-2)5-6-12/h3-4,7,13-14H,5-6,8H2,1-2H3. The Bertz CT molecular complexity index is 342. The van der Waals surface area contributed by atoms with Crippen molar-refractivity contribution in [3.8, 4) is 5.75 Å². The summed E-state index contributed by atoms with van der Waals surface area (Å²) in [5.41, 5.74) is 2.44. The molecule has 0 bridgehead atoms. The van der Waals surface area contributed by atoms with E-state index in [1.165, 1.54) is 12.8 Å². The maximum Gasteiger partial charge on any atom is 0.119 e. The minimum absolute atomic E-state index is 0.271. The second-order valence-corrected chi connectivity index (χ2v) is 4.34. The summed E-state index contributed by atoms with van der Waals surface area (Å²) in [7, 11) is 2.00. The Hall–Kier alpha value is -1.02. The molecule has 0 radical (unpaired) electrons. The van der Waals surface area contributed by atoms with E-state index in [1.807, 2.05) is 26.1 Å². The average Bonchev–Trinajstić information content (AvgIpc) is 2.91. The molecule has 2 N–H and O–H groups in total. The van der Waals surface area contributed by atoms with E-state index in [9.17, 15) is 5.11 Å². The maximum atomic E-state index is 9.75. The second kappa shape index (κ2) is 3.28. The molecule has 1 fully saturated rings. The highest BCUT2D eigenvalue weighted by molar-refractivity contribution is 5.37. The van der Waals surface area contributed by atoms with Crippen molar-refractivity contribution in [2.75, 3.05) is 7.05 Å². The van der Waals surface area contributed by atoms with E-state index in [-0.39, 0.29) is 5.54 Å². The molecular weight excluding hydrogens is 174 g/mol. The van der Waals surface area contributed by atoms with E-state index in [1.54, 1.807) is 0 Å². The molecule has 0 heterocycles. The van der Waals surface area contributed by atoms with Crippen LogP contribution in [0, 0.1) is 6.92 Å². The lowest BCUT2D eigenvalue weighted by atomic mass is 10.0. The first kappa shape index (κ1) is 9.53. The van der Waals surface area contributed by atoms with Crippen LogP contribution in [0.4, 0.5) is 0 Å². The molecule has 76 valence electrons. The molecule has 0 unspecified atom stereocenters. The van der Waals surface area contributed by atoms with E-state index in [0.717, 1.165) is 17.5 Å². The monoisotopic (exact) mass is 191 g/mol. The molecule has 0 aliphatic heterocycles. The summed E-state index contributed by atoms with van der Waals surface area (Å²) in [6, 6.07) is 5.92. The van der Waals surface area contributed by atoms with Gasteiger partial charge in [0, 0.05) is 5.54 Å². The van der Waals surface area contributed by atoms with Gasteiger partial charge >= 0.3 is 0 Å². The Morgan fingerprint density at radius 1 is 1.43 bits per heavy atom. The van der Waals surface area contributed by atoms with Crippen molar-refractivity contribution in [3.05, 3.63) is 29.3 Å². The van der Waals surface area contributed by atoms with Gasteiger partial charge in [-0.15, -0.1) is 0 Å². The number of benzene rings is 1. The lowest BCUT2D eigenvalue weighted by molar-refractivity contribution is 0.456. The maximum absolute atomic E-state index is 9.75. The zero-order valence-corrected chi connectivity index (χ0v) is 8.80. The van der Waals surface area contributed by atoms with Crippen LogP contribution in [0.15, 0.2) is 18.2 Å². The first-order valence-corrected chi connectivity index (χ1v) is 5.13. The fraction of sp³-hybridized carbons (Fsp3) is 0.500.